The molecule has 0 heterocycles. The highest BCUT2D eigenvalue weighted by atomic mass is 16.5. The van der Waals surface area contributed by atoms with E-state index in [0.29, 0.717) is 5.92 Å². The van der Waals surface area contributed by atoms with Gasteiger partial charge in [-0.15, -0.1) is 0 Å². The van der Waals surface area contributed by atoms with Gasteiger partial charge in [0.25, 0.3) is 0 Å². The molecule has 0 aromatic heterocycles. The fraction of sp³-hybridized carbons (Fsp3) is 0.938. The molecule has 0 aromatic carbocycles. The summed E-state index contributed by atoms with van der Waals surface area (Å²) in [4.78, 5) is 14.5. The Labute approximate surface area is 125 Å². The maximum atomic E-state index is 12.0. The summed E-state index contributed by atoms with van der Waals surface area (Å²) in [5, 5.41) is 3.35. The summed E-state index contributed by atoms with van der Waals surface area (Å²) >= 11 is 0. The summed E-state index contributed by atoms with van der Waals surface area (Å²) in [6, 6.07) is 0.253. The van der Waals surface area contributed by atoms with Crippen LogP contribution in [0.5, 0.6) is 0 Å². The van der Waals surface area contributed by atoms with Crippen molar-refractivity contribution in [3.05, 3.63) is 0 Å². The Morgan fingerprint density at radius 3 is 2.30 bits per heavy atom. The van der Waals surface area contributed by atoms with E-state index in [2.05, 4.69) is 44.8 Å². The molecule has 2 unspecified atom stereocenters. The van der Waals surface area contributed by atoms with Crippen LogP contribution in [0, 0.1) is 5.92 Å². The lowest BCUT2D eigenvalue weighted by Gasteiger charge is -2.33. The molecule has 0 radical (unpaired) electrons. The Bertz CT molecular complexity index is 282. The first-order chi connectivity index (χ1) is 9.28. The number of rotatable bonds is 10. The van der Waals surface area contributed by atoms with Crippen LogP contribution in [0.25, 0.3) is 0 Å². The number of hydrogen-bond acceptors (Lipinski definition) is 4. The van der Waals surface area contributed by atoms with Gasteiger partial charge in [0, 0.05) is 19.1 Å². The zero-order valence-electron chi connectivity index (χ0n) is 14.5. The van der Waals surface area contributed by atoms with Gasteiger partial charge in [0.05, 0.1) is 7.11 Å². The zero-order chi connectivity index (χ0) is 15.8. The van der Waals surface area contributed by atoms with E-state index in [-0.39, 0.29) is 12.0 Å². The Morgan fingerprint density at radius 2 is 1.90 bits per heavy atom. The van der Waals surface area contributed by atoms with E-state index in [9.17, 15) is 4.79 Å². The van der Waals surface area contributed by atoms with Gasteiger partial charge in [-0.2, -0.15) is 0 Å². The standard InChI is InChI=1S/C16H34N2O2/c1-8-14(5)12-18(9-2)11-10-16(6,15(19)20-7)17-13(3)4/h13-14,17H,8-12H2,1-7H3. The van der Waals surface area contributed by atoms with Crippen LogP contribution in [0.15, 0.2) is 0 Å². The van der Waals surface area contributed by atoms with Crippen LogP contribution in [0.4, 0.5) is 0 Å². The van der Waals surface area contributed by atoms with Gasteiger partial charge in [-0.25, -0.2) is 0 Å². The fourth-order valence-corrected chi connectivity index (χ4v) is 2.43. The third kappa shape index (κ3) is 6.71. The van der Waals surface area contributed by atoms with Crippen LogP contribution in [-0.2, 0) is 9.53 Å². The molecule has 0 aliphatic heterocycles. The molecule has 4 heteroatoms. The molecule has 20 heavy (non-hydrogen) atoms. The van der Waals surface area contributed by atoms with Crippen molar-refractivity contribution in [2.75, 3.05) is 26.7 Å². The molecule has 0 saturated carbocycles. The van der Waals surface area contributed by atoms with E-state index in [0.717, 1.165) is 26.1 Å². The molecule has 0 amide bonds. The van der Waals surface area contributed by atoms with E-state index in [1.807, 2.05) is 6.92 Å². The highest BCUT2D eigenvalue weighted by Crippen LogP contribution is 2.15. The fourth-order valence-electron chi connectivity index (χ4n) is 2.43. The van der Waals surface area contributed by atoms with Gasteiger partial charge in [-0.05, 0) is 39.7 Å². The van der Waals surface area contributed by atoms with E-state index in [1.54, 1.807) is 0 Å². The lowest BCUT2D eigenvalue weighted by molar-refractivity contribution is -0.148. The average Bonchev–Trinajstić information content (AvgIpc) is 2.41. The molecule has 0 aromatic rings. The van der Waals surface area contributed by atoms with Crippen LogP contribution in [0.1, 0.15) is 54.4 Å². The predicted octanol–water partition coefficient (Wildman–Crippen LogP) is 2.67. The van der Waals surface area contributed by atoms with Gasteiger partial charge < -0.3 is 9.64 Å². The number of ether oxygens (including phenoxy) is 1. The van der Waals surface area contributed by atoms with Gasteiger partial charge in [0.15, 0.2) is 0 Å². The number of carbonyl (C=O) groups excluding carboxylic acids is 1. The van der Waals surface area contributed by atoms with Crippen LogP contribution in [0.3, 0.4) is 0 Å². The molecule has 0 saturated heterocycles. The Balaban J connectivity index is 4.61. The van der Waals surface area contributed by atoms with Crippen molar-refractivity contribution in [2.24, 2.45) is 5.92 Å². The minimum absolute atomic E-state index is 0.175. The molecular weight excluding hydrogens is 252 g/mol. The second-order valence-corrected chi connectivity index (χ2v) is 6.28. The van der Waals surface area contributed by atoms with Gasteiger partial charge >= 0.3 is 5.97 Å². The number of esters is 1. The molecule has 0 spiro atoms. The van der Waals surface area contributed by atoms with Crippen LogP contribution in [0.2, 0.25) is 0 Å². The molecule has 0 rings (SSSR count). The van der Waals surface area contributed by atoms with Gasteiger partial charge in [-0.3, -0.25) is 10.1 Å². The summed E-state index contributed by atoms with van der Waals surface area (Å²) in [6.07, 6.45) is 1.96. The minimum atomic E-state index is -0.605. The molecule has 0 bridgehead atoms. The van der Waals surface area contributed by atoms with Crippen molar-refractivity contribution < 1.29 is 9.53 Å². The van der Waals surface area contributed by atoms with Crippen molar-refractivity contribution in [1.29, 1.82) is 0 Å². The van der Waals surface area contributed by atoms with Crippen molar-refractivity contribution in [2.45, 2.75) is 66.0 Å². The SMILES string of the molecule is CCC(C)CN(CC)CCC(C)(NC(C)C)C(=O)OC. The van der Waals surface area contributed by atoms with E-state index < -0.39 is 5.54 Å². The summed E-state index contributed by atoms with van der Waals surface area (Å²) in [7, 11) is 1.46. The Hall–Kier alpha value is -0.610. The Kier molecular flexibility index (Phi) is 9.06. The first-order valence-corrected chi connectivity index (χ1v) is 7.87. The number of nitrogens with one attached hydrogen (secondary N) is 1. The predicted molar refractivity (Wildman–Crippen MR) is 84.9 cm³/mol. The second kappa shape index (κ2) is 9.35. The lowest BCUT2D eigenvalue weighted by atomic mass is 9.96. The highest BCUT2D eigenvalue weighted by molar-refractivity contribution is 5.80. The maximum Gasteiger partial charge on any atom is 0.325 e. The van der Waals surface area contributed by atoms with E-state index >= 15 is 0 Å². The van der Waals surface area contributed by atoms with Crippen molar-refractivity contribution in [3.63, 3.8) is 0 Å². The van der Waals surface area contributed by atoms with Crippen molar-refractivity contribution >= 4 is 5.97 Å². The third-order valence-electron chi connectivity index (χ3n) is 3.89. The number of carbonyl (C=O) groups is 1. The summed E-state index contributed by atoms with van der Waals surface area (Å²) < 4.78 is 4.96. The van der Waals surface area contributed by atoms with Gasteiger partial charge in [0.1, 0.15) is 5.54 Å². The third-order valence-corrected chi connectivity index (χ3v) is 3.89. The van der Waals surface area contributed by atoms with Gasteiger partial charge in [-0.1, -0.05) is 27.2 Å². The van der Waals surface area contributed by atoms with Crippen molar-refractivity contribution in [3.8, 4) is 0 Å². The summed E-state index contributed by atoms with van der Waals surface area (Å²) in [5.41, 5.74) is -0.605. The monoisotopic (exact) mass is 286 g/mol. The molecular formula is C16H34N2O2. The van der Waals surface area contributed by atoms with Crippen LogP contribution >= 0.6 is 0 Å². The quantitative estimate of drug-likeness (QED) is 0.627. The first-order valence-electron chi connectivity index (χ1n) is 7.87. The smallest absolute Gasteiger partial charge is 0.325 e. The maximum absolute atomic E-state index is 12.0. The van der Waals surface area contributed by atoms with Crippen LogP contribution in [-0.4, -0.2) is 49.2 Å². The molecule has 120 valence electrons. The average molecular weight is 286 g/mol. The van der Waals surface area contributed by atoms with E-state index in [1.165, 1.54) is 13.5 Å². The minimum Gasteiger partial charge on any atom is -0.468 e. The van der Waals surface area contributed by atoms with E-state index in [4.69, 9.17) is 4.74 Å². The summed E-state index contributed by atoms with van der Waals surface area (Å²) in [5.74, 6) is 0.517. The lowest BCUT2D eigenvalue weighted by Crippen LogP contribution is -2.54. The number of methoxy groups -OCH3 is 1. The topological polar surface area (TPSA) is 41.6 Å². The molecule has 0 fully saturated rings. The normalized spacial score (nSPS) is 16.2. The molecule has 1 N–H and O–H groups in total. The molecule has 2 atom stereocenters. The second-order valence-electron chi connectivity index (χ2n) is 6.28. The Morgan fingerprint density at radius 1 is 1.30 bits per heavy atom. The largest absolute Gasteiger partial charge is 0.468 e. The molecule has 0 aliphatic rings. The summed E-state index contributed by atoms with van der Waals surface area (Å²) in [6.45, 7) is 15.7. The first kappa shape index (κ1) is 19.4. The number of nitrogens with zero attached hydrogens (tertiary/aromatic N) is 1. The van der Waals surface area contributed by atoms with Crippen LogP contribution < -0.4 is 5.32 Å². The van der Waals surface area contributed by atoms with Gasteiger partial charge in [0.2, 0.25) is 0 Å². The molecule has 4 nitrogen and oxygen atoms in total. The zero-order valence-corrected chi connectivity index (χ0v) is 14.5. The number of hydrogen-bond donors (Lipinski definition) is 1. The van der Waals surface area contributed by atoms with Crippen molar-refractivity contribution in [1.82, 2.24) is 10.2 Å². The molecule has 0 aliphatic carbocycles. The highest BCUT2D eigenvalue weighted by Gasteiger charge is 2.34.